The van der Waals surface area contributed by atoms with E-state index in [4.69, 9.17) is 0 Å². The van der Waals surface area contributed by atoms with Crippen LogP contribution < -0.4 is 0 Å². The number of hydrogen-bond donors (Lipinski definition) is 1. The van der Waals surface area contributed by atoms with Gasteiger partial charge in [0, 0.05) is 32.0 Å². The molecule has 0 spiro atoms. The number of nitrogens with zero attached hydrogens (tertiary/aromatic N) is 3. The van der Waals surface area contributed by atoms with E-state index in [0.29, 0.717) is 13.1 Å². The van der Waals surface area contributed by atoms with Crippen molar-refractivity contribution in [3.8, 4) is 0 Å². The Labute approximate surface area is 125 Å². The van der Waals surface area contributed by atoms with Gasteiger partial charge in [-0.05, 0) is 23.6 Å². The molecule has 1 aliphatic rings. The smallest absolute Gasteiger partial charge is 0.0862 e. The van der Waals surface area contributed by atoms with Gasteiger partial charge in [0.05, 0.1) is 12.6 Å². The number of rotatable bonds is 5. The molecule has 2 aromatic rings. The van der Waals surface area contributed by atoms with E-state index in [1.165, 1.54) is 11.1 Å². The molecule has 21 heavy (non-hydrogen) atoms. The lowest BCUT2D eigenvalue weighted by atomic mass is 10.0. The summed E-state index contributed by atoms with van der Waals surface area (Å²) < 4.78 is 1.78. The van der Waals surface area contributed by atoms with Crippen LogP contribution in [0.2, 0.25) is 0 Å². The molecular weight excluding hydrogens is 262 g/mol. The van der Waals surface area contributed by atoms with Crippen LogP contribution in [0.25, 0.3) is 5.57 Å². The predicted molar refractivity (Wildman–Crippen MR) is 83.7 cm³/mol. The van der Waals surface area contributed by atoms with Gasteiger partial charge in [-0.25, -0.2) is 0 Å². The molecule has 0 aliphatic carbocycles. The van der Waals surface area contributed by atoms with Gasteiger partial charge in [-0.1, -0.05) is 36.4 Å². The summed E-state index contributed by atoms with van der Waals surface area (Å²) in [7, 11) is 0. The van der Waals surface area contributed by atoms with Crippen LogP contribution in [0.3, 0.4) is 0 Å². The summed E-state index contributed by atoms with van der Waals surface area (Å²) in [5, 5.41) is 14.3. The van der Waals surface area contributed by atoms with E-state index >= 15 is 0 Å². The second kappa shape index (κ2) is 6.70. The predicted octanol–water partition coefficient (Wildman–Crippen LogP) is 2.03. The van der Waals surface area contributed by atoms with Gasteiger partial charge in [-0.15, -0.1) is 0 Å². The van der Waals surface area contributed by atoms with Crippen molar-refractivity contribution < 1.29 is 5.11 Å². The van der Waals surface area contributed by atoms with E-state index in [-0.39, 0.29) is 6.10 Å². The van der Waals surface area contributed by atoms with Crippen LogP contribution in [0.1, 0.15) is 12.0 Å². The van der Waals surface area contributed by atoms with Crippen LogP contribution in [0.4, 0.5) is 0 Å². The Balaban J connectivity index is 1.57. The first-order chi connectivity index (χ1) is 10.3. The van der Waals surface area contributed by atoms with Crippen molar-refractivity contribution in [3.63, 3.8) is 0 Å². The Bertz CT molecular complexity index is 577. The van der Waals surface area contributed by atoms with E-state index in [1.54, 1.807) is 10.9 Å². The Kier molecular flexibility index (Phi) is 4.48. The van der Waals surface area contributed by atoms with Gasteiger partial charge in [0.15, 0.2) is 0 Å². The molecule has 0 saturated heterocycles. The Hall–Kier alpha value is -1.91. The highest BCUT2D eigenvalue weighted by molar-refractivity contribution is 5.67. The molecule has 1 aromatic carbocycles. The summed E-state index contributed by atoms with van der Waals surface area (Å²) in [6.07, 6.45) is 6.59. The first-order valence-corrected chi connectivity index (χ1v) is 7.43. The molecule has 1 N–H and O–H groups in total. The number of aliphatic hydroxyl groups is 1. The van der Waals surface area contributed by atoms with Gasteiger partial charge in [0.1, 0.15) is 0 Å². The maximum absolute atomic E-state index is 10.2. The highest BCUT2D eigenvalue weighted by Crippen LogP contribution is 2.20. The molecule has 4 heteroatoms. The minimum atomic E-state index is -0.389. The zero-order chi connectivity index (χ0) is 14.5. The van der Waals surface area contributed by atoms with E-state index in [1.807, 2.05) is 18.3 Å². The fraction of sp³-hybridized carbons (Fsp3) is 0.353. The number of aromatic nitrogens is 2. The van der Waals surface area contributed by atoms with Crippen LogP contribution >= 0.6 is 0 Å². The van der Waals surface area contributed by atoms with Crippen molar-refractivity contribution >= 4 is 5.57 Å². The molecule has 1 aliphatic heterocycles. The highest BCUT2D eigenvalue weighted by atomic mass is 16.3. The minimum Gasteiger partial charge on any atom is -0.390 e. The SMILES string of the molecule is OC(CN1CCC=C(c2ccccc2)C1)Cn1cccn1. The molecule has 0 fully saturated rings. The Morgan fingerprint density at radius 2 is 2.00 bits per heavy atom. The molecule has 0 saturated carbocycles. The summed E-state index contributed by atoms with van der Waals surface area (Å²) >= 11 is 0. The monoisotopic (exact) mass is 283 g/mol. The molecule has 4 nitrogen and oxygen atoms in total. The average molecular weight is 283 g/mol. The van der Waals surface area contributed by atoms with Crippen molar-refractivity contribution in [1.29, 1.82) is 0 Å². The number of aliphatic hydroxyl groups excluding tert-OH is 1. The fourth-order valence-corrected chi connectivity index (χ4v) is 2.80. The summed E-state index contributed by atoms with van der Waals surface area (Å²) in [6.45, 7) is 3.14. The normalized spacial score (nSPS) is 17.5. The van der Waals surface area contributed by atoms with Crippen molar-refractivity contribution in [2.45, 2.75) is 19.1 Å². The zero-order valence-corrected chi connectivity index (χ0v) is 12.1. The summed E-state index contributed by atoms with van der Waals surface area (Å²) in [6, 6.07) is 12.4. The van der Waals surface area contributed by atoms with Gasteiger partial charge in [0.2, 0.25) is 0 Å². The van der Waals surface area contributed by atoms with E-state index in [0.717, 1.165) is 19.5 Å². The molecule has 110 valence electrons. The van der Waals surface area contributed by atoms with Crippen LogP contribution in [-0.2, 0) is 6.54 Å². The average Bonchev–Trinajstić information content (AvgIpc) is 3.01. The van der Waals surface area contributed by atoms with Crippen LogP contribution in [-0.4, -0.2) is 45.5 Å². The quantitative estimate of drug-likeness (QED) is 0.913. The molecule has 0 amide bonds. The minimum absolute atomic E-state index is 0.389. The Morgan fingerprint density at radius 3 is 2.76 bits per heavy atom. The second-order valence-corrected chi connectivity index (χ2v) is 5.50. The van der Waals surface area contributed by atoms with Gasteiger partial charge < -0.3 is 5.11 Å². The van der Waals surface area contributed by atoms with Gasteiger partial charge >= 0.3 is 0 Å². The van der Waals surface area contributed by atoms with Crippen LogP contribution in [0.15, 0.2) is 54.9 Å². The largest absolute Gasteiger partial charge is 0.390 e. The lowest BCUT2D eigenvalue weighted by Crippen LogP contribution is -2.38. The molecule has 1 aromatic heterocycles. The third kappa shape index (κ3) is 3.80. The molecule has 1 atom stereocenters. The van der Waals surface area contributed by atoms with Crippen molar-refractivity contribution in [2.24, 2.45) is 0 Å². The van der Waals surface area contributed by atoms with E-state index in [9.17, 15) is 5.11 Å². The maximum Gasteiger partial charge on any atom is 0.0862 e. The maximum atomic E-state index is 10.2. The topological polar surface area (TPSA) is 41.3 Å². The van der Waals surface area contributed by atoms with Crippen LogP contribution in [0.5, 0.6) is 0 Å². The fourth-order valence-electron chi connectivity index (χ4n) is 2.80. The third-order valence-electron chi connectivity index (χ3n) is 3.80. The number of β-amino-alcohol motifs (C(OH)–C–C–N with tert-alkyl or cyclic N) is 1. The standard InChI is InChI=1S/C17H21N3O/c21-17(14-20-11-5-9-18-20)13-19-10-4-8-16(12-19)15-6-2-1-3-7-15/h1-3,5-9,11,17,21H,4,10,12-14H2. The highest BCUT2D eigenvalue weighted by Gasteiger charge is 2.17. The van der Waals surface area contributed by atoms with Crippen molar-refractivity contribution in [1.82, 2.24) is 14.7 Å². The van der Waals surface area contributed by atoms with Crippen molar-refractivity contribution in [2.75, 3.05) is 19.6 Å². The number of hydrogen-bond acceptors (Lipinski definition) is 3. The van der Waals surface area contributed by atoms with Crippen molar-refractivity contribution in [3.05, 3.63) is 60.4 Å². The van der Waals surface area contributed by atoms with Gasteiger partial charge in [-0.2, -0.15) is 5.10 Å². The first kappa shape index (κ1) is 14.0. The van der Waals surface area contributed by atoms with E-state index < -0.39 is 0 Å². The summed E-state index contributed by atoms with van der Waals surface area (Å²) in [5.74, 6) is 0. The van der Waals surface area contributed by atoms with Gasteiger partial charge in [-0.3, -0.25) is 9.58 Å². The van der Waals surface area contributed by atoms with E-state index in [2.05, 4.69) is 40.3 Å². The molecule has 0 bridgehead atoms. The summed E-state index contributed by atoms with van der Waals surface area (Å²) in [4.78, 5) is 2.32. The molecule has 2 heterocycles. The zero-order valence-electron chi connectivity index (χ0n) is 12.1. The first-order valence-electron chi connectivity index (χ1n) is 7.43. The molecule has 3 rings (SSSR count). The lowest BCUT2D eigenvalue weighted by molar-refractivity contribution is 0.100. The number of benzene rings is 1. The molecule has 0 radical (unpaired) electrons. The van der Waals surface area contributed by atoms with Gasteiger partial charge in [0.25, 0.3) is 0 Å². The molecule has 1 unspecified atom stereocenters. The lowest BCUT2D eigenvalue weighted by Gasteiger charge is -2.29. The third-order valence-corrected chi connectivity index (χ3v) is 3.80. The summed E-state index contributed by atoms with van der Waals surface area (Å²) in [5.41, 5.74) is 2.64. The molecular formula is C17H21N3O. The van der Waals surface area contributed by atoms with Crippen LogP contribution in [0, 0.1) is 0 Å². The Morgan fingerprint density at radius 1 is 1.14 bits per heavy atom. The second-order valence-electron chi connectivity index (χ2n) is 5.50.